The number of amides is 5. The van der Waals surface area contributed by atoms with E-state index in [2.05, 4.69) is 43.0 Å². The molecule has 5 aliphatic rings. The first-order valence-electron chi connectivity index (χ1n) is 22.1. The molecule has 340 valence electrons. The molecule has 1 aromatic heterocycles. The molecule has 1 saturated carbocycles. The second kappa shape index (κ2) is 18.1. The van der Waals surface area contributed by atoms with E-state index in [0.29, 0.717) is 41.3 Å². The van der Waals surface area contributed by atoms with Crippen molar-refractivity contribution in [2.45, 2.75) is 95.1 Å². The van der Waals surface area contributed by atoms with Gasteiger partial charge in [0.05, 0.1) is 32.1 Å². The molecule has 4 aliphatic heterocycles. The number of halogens is 2. The van der Waals surface area contributed by atoms with Crippen molar-refractivity contribution in [2.75, 3.05) is 48.9 Å². The zero-order chi connectivity index (χ0) is 45.4. The van der Waals surface area contributed by atoms with Gasteiger partial charge in [-0.25, -0.2) is 4.98 Å². The van der Waals surface area contributed by atoms with Crippen LogP contribution in [0.5, 0.6) is 11.5 Å². The number of nitrogens with one attached hydrogen (secondary N) is 3. The quantitative estimate of drug-likeness (QED) is 0.156. The molecular formula is C47H51F2N9O7. The van der Waals surface area contributed by atoms with E-state index in [0.717, 1.165) is 79.7 Å². The number of piperidine rings is 2. The summed E-state index contributed by atoms with van der Waals surface area (Å²) in [5, 5.41) is 8.63. The highest BCUT2D eigenvalue weighted by atomic mass is 19.3. The number of likely N-dealkylation sites (tertiary alicyclic amines) is 1. The van der Waals surface area contributed by atoms with Crippen molar-refractivity contribution in [3.05, 3.63) is 94.7 Å². The number of carbonyl (C=O) groups excluding carboxylic acids is 5. The van der Waals surface area contributed by atoms with Crippen LogP contribution in [0.1, 0.15) is 88.8 Å². The molecule has 0 bridgehead atoms. The second-order valence-corrected chi connectivity index (χ2v) is 17.4. The van der Waals surface area contributed by atoms with Crippen molar-refractivity contribution in [1.82, 2.24) is 30.4 Å². The maximum absolute atomic E-state index is 15.1. The predicted molar refractivity (Wildman–Crippen MR) is 235 cm³/mol. The normalized spacial score (nSPS) is 20.3. The van der Waals surface area contributed by atoms with E-state index in [1.807, 2.05) is 18.2 Å². The summed E-state index contributed by atoms with van der Waals surface area (Å²) in [5.74, 6) is -4.77. The summed E-state index contributed by atoms with van der Waals surface area (Å²) in [5.41, 5.74) is 4.46. The van der Waals surface area contributed by atoms with Crippen molar-refractivity contribution >= 4 is 52.7 Å². The molecule has 4 aromatic rings. The number of nitrogens with zero attached hydrogens (tertiary/aromatic N) is 6. The number of hydrogen-bond donors (Lipinski definition) is 3. The number of ether oxygens (including phenoxy) is 2. The lowest BCUT2D eigenvalue weighted by Crippen LogP contribution is -2.52. The van der Waals surface area contributed by atoms with Gasteiger partial charge in [0.25, 0.3) is 17.7 Å². The Morgan fingerprint density at radius 3 is 2.42 bits per heavy atom. The standard InChI is InChI=1S/C47H51F2N9O7/c1-55-37-23-50-46(54-41(37)58(32-6-3-4-7-32)27-47(48,49)45(55)63)52-35-15-14-30(22-39(35)64-2)42(60)51-31-18-20-56(21-19-31)24-28-10-12-29(13-11-28)26-65-38-9-5-8-33-34(38)25-57(44(33)62)36-16-17-40(59)53-43(36)61/h5,8-15,22-23,31-32,36H,3-4,6-7,16-21,24-27H2,1-2H3,(H,51,60)(H,50,52,54)(H,53,59,61)/t36-/m0/s1. The van der Waals surface area contributed by atoms with Crippen LogP contribution in [0, 0.1) is 0 Å². The van der Waals surface area contributed by atoms with Gasteiger partial charge in [-0.05, 0) is 73.6 Å². The van der Waals surface area contributed by atoms with Gasteiger partial charge < -0.3 is 34.8 Å². The third-order valence-electron chi connectivity index (χ3n) is 13.1. The number of anilines is 4. The average molecular weight is 892 g/mol. The van der Waals surface area contributed by atoms with E-state index >= 15 is 8.78 Å². The molecule has 3 fully saturated rings. The maximum Gasteiger partial charge on any atom is 0.342 e. The molecule has 3 N–H and O–H groups in total. The number of hydrogen-bond acceptors (Lipinski definition) is 12. The fraction of sp³-hybridized carbons (Fsp3) is 0.426. The number of rotatable bonds is 12. The van der Waals surface area contributed by atoms with Crippen LogP contribution in [0.15, 0.2) is 66.9 Å². The van der Waals surface area contributed by atoms with Crippen molar-refractivity contribution in [2.24, 2.45) is 0 Å². The molecule has 16 nitrogen and oxygen atoms in total. The van der Waals surface area contributed by atoms with Crippen molar-refractivity contribution in [3.8, 4) is 11.5 Å². The van der Waals surface area contributed by atoms with Gasteiger partial charge in [0.15, 0.2) is 5.82 Å². The van der Waals surface area contributed by atoms with Gasteiger partial charge in [0, 0.05) is 61.9 Å². The van der Waals surface area contributed by atoms with Gasteiger partial charge in [-0.3, -0.25) is 34.2 Å². The lowest BCUT2D eigenvalue weighted by molar-refractivity contribution is -0.140. The summed E-state index contributed by atoms with van der Waals surface area (Å²) in [6.07, 6.45) is 6.71. The summed E-state index contributed by atoms with van der Waals surface area (Å²) in [7, 11) is 2.80. The zero-order valence-corrected chi connectivity index (χ0v) is 36.3. The molecule has 2 saturated heterocycles. The minimum Gasteiger partial charge on any atom is -0.495 e. The summed E-state index contributed by atoms with van der Waals surface area (Å²) < 4.78 is 42.0. The fourth-order valence-corrected chi connectivity index (χ4v) is 9.52. The van der Waals surface area contributed by atoms with E-state index in [1.54, 1.807) is 35.2 Å². The van der Waals surface area contributed by atoms with Crippen LogP contribution in [-0.2, 0) is 34.1 Å². The number of carbonyl (C=O) groups is 5. The van der Waals surface area contributed by atoms with E-state index in [-0.39, 0.29) is 60.2 Å². The Morgan fingerprint density at radius 1 is 0.923 bits per heavy atom. The van der Waals surface area contributed by atoms with Gasteiger partial charge in [-0.15, -0.1) is 0 Å². The second-order valence-electron chi connectivity index (χ2n) is 17.4. The molecule has 0 radical (unpaired) electrons. The number of fused-ring (bicyclic) bond motifs is 2. The molecule has 0 spiro atoms. The van der Waals surface area contributed by atoms with Crippen molar-refractivity contribution < 1.29 is 42.2 Å². The van der Waals surface area contributed by atoms with Crippen molar-refractivity contribution in [3.63, 3.8) is 0 Å². The average Bonchev–Trinajstić information content (AvgIpc) is 3.95. The molecular weight excluding hydrogens is 841 g/mol. The molecule has 1 atom stereocenters. The van der Waals surface area contributed by atoms with Gasteiger partial charge in [0.1, 0.15) is 29.8 Å². The Labute approximate surface area is 374 Å². The van der Waals surface area contributed by atoms with E-state index in [9.17, 15) is 24.0 Å². The third kappa shape index (κ3) is 9.03. The highest BCUT2D eigenvalue weighted by Gasteiger charge is 2.49. The van der Waals surface area contributed by atoms with Gasteiger partial charge in [-0.1, -0.05) is 43.2 Å². The number of imide groups is 1. The van der Waals surface area contributed by atoms with Gasteiger partial charge in [-0.2, -0.15) is 13.8 Å². The van der Waals surface area contributed by atoms with E-state index in [4.69, 9.17) is 9.47 Å². The molecule has 1 aliphatic carbocycles. The Kier molecular flexibility index (Phi) is 12.1. The lowest BCUT2D eigenvalue weighted by atomic mass is 10.0. The maximum atomic E-state index is 15.1. The van der Waals surface area contributed by atoms with Crippen LogP contribution in [-0.4, -0.2) is 107 Å². The highest BCUT2D eigenvalue weighted by Crippen LogP contribution is 2.40. The minimum atomic E-state index is -3.58. The SMILES string of the molecule is COc1cc(C(=O)NC2CCN(Cc3ccc(COc4cccc5c4CN([C@H]4CCC(=O)NC4=O)C5=O)cc3)CC2)ccc1Nc1ncc2c(n1)N(C1CCCC1)CC(F)(F)C(=O)N2C. The van der Waals surface area contributed by atoms with Crippen LogP contribution in [0.4, 0.5) is 31.9 Å². The molecule has 5 amide bonds. The van der Waals surface area contributed by atoms with E-state index in [1.165, 1.54) is 25.3 Å². The first-order chi connectivity index (χ1) is 31.3. The third-order valence-corrected chi connectivity index (χ3v) is 13.1. The first kappa shape index (κ1) is 43.6. The Morgan fingerprint density at radius 2 is 1.68 bits per heavy atom. The zero-order valence-electron chi connectivity index (χ0n) is 36.3. The van der Waals surface area contributed by atoms with Crippen LogP contribution < -0.4 is 35.2 Å². The van der Waals surface area contributed by atoms with E-state index < -0.39 is 30.3 Å². The van der Waals surface area contributed by atoms with Crippen LogP contribution in [0.3, 0.4) is 0 Å². The monoisotopic (exact) mass is 891 g/mol. The largest absolute Gasteiger partial charge is 0.495 e. The highest BCUT2D eigenvalue weighted by molar-refractivity contribution is 6.06. The number of alkyl halides is 2. The summed E-state index contributed by atoms with van der Waals surface area (Å²) in [4.78, 5) is 78.8. The summed E-state index contributed by atoms with van der Waals surface area (Å²) in [6.45, 7) is 2.14. The molecule has 3 aromatic carbocycles. The Bertz CT molecular complexity index is 2510. The Hall–Kier alpha value is -6.69. The molecule has 9 rings (SSSR count). The summed E-state index contributed by atoms with van der Waals surface area (Å²) >= 11 is 0. The number of aromatic nitrogens is 2. The molecule has 0 unspecified atom stereocenters. The number of methoxy groups -OCH3 is 1. The smallest absolute Gasteiger partial charge is 0.342 e. The lowest BCUT2D eigenvalue weighted by Gasteiger charge is -2.32. The van der Waals surface area contributed by atoms with Crippen LogP contribution >= 0.6 is 0 Å². The summed E-state index contributed by atoms with van der Waals surface area (Å²) in [6, 6.07) is 17.7. The fourth-order valence-electron chi connectivity index (χ4n) is 9.52. The number of benzene rings is 3. The van der Waals surface area contributed by atoms with Crippen molar-refractivity contribution in [1.29, 1.82) is 0 Å². The van der Waals surface area contributed by atoms with Gasteiger partial charge in [0.2, 0.25) is 17.8 Å². The minimum absolute atomic E-state index is 0.0129. The molecule has 65 heavy (non-hydrogen) atoms. The van der Waals surface area contributed by atoms with Crippen LogP contribution in [0.25, 0.3) is 0 Å². The topological polar surface area (TPSA) is 179 Å². The predicted octanol–water partition coefficient (Wildman–Crippen LogP) is 5.32. The molecule has 5 heterocycles. The first-order valence-corrected chi connectivity index (χ1v) is 22.1. The molecule has 18 heteroatoms. The Balaban J connectivity index is 0.761. The van der Waals surface area contributed by atoms with Crippen LogP contribution in [0.2, 0.25) is 0 Å². The van der Waals surface area contributed by atoms with Gasteiger partial charge >= 0.3 is 5.92 Å².